The number of fused-ring (bicyclic) bond motifs is 3. The lowest BCUT2D eigenvalue weighted by atomic mass is 9.70. The van der Waals surface area contributed by atoms with Crippen LogP contribution in [0.3, 0.4) is 0 Å². The third kappa shape index (κ3) is 5.41. The van der Waals surface area contributed by atoms with Crippen LogP contribution in [0.5, 0.6) is 0 Å². The van der Waals surface area contributed by atoms with Crippen molar-refractivity contribution in [2.45, 2.75) is 102 Å². The van der Waals surface area contributed by atoms with Crippen molar-refractivity contribution in [2.75, 3.05) is 33.7 Å². The molecule has 3 fully saturated rings. The predicted octanol–water partition coefficient (Wildman–Crippen LogP) is 6.44. The number of piperidine rings is 2. The second kappa shape index (κ2) is 12.1. The predicted molar refractivity (Wildman–Crippen MR) is 172 cm³/mol. The number of para-hydroxylation sites is 2. The Hall–Kier alpha value is -2.70. The highest BCUT2D eigenvalue weighted by atomic mass is 16.2. The van der Waals surface area contributed by atoms with Gasteiger partial charge in [-0.1, -0.05) is 62.7 Å². The van der Waals surface area contributed by atoms with Gasteiger partial charge in [-0.3, -0.25) is 14.6 Å². The number of hydrogen-bond donors (Lipinski definition) is 0. The molecular weight excluding hydrogens is 518 g/mol. The van der Waals surface area contributed by atoms with Crippen LogP contribution >= 0.6 is 0 Å². The summed E-state index contributed by atoms with van der Waals surface area (Å²) in [6.45, 7) is 9.46. The summed E-state index contributed by atoms with van der Waals surface area (Å²) in [5, 5.41) is 0. The first kappa shape index (κ1) is 29.4. The van der Waals surface area contributed by atoms with Crippen molar-refractivity contribution in [3.05, 3.63) is 66.0 Å². The van der Waals surface area contributed by atoms with Crippen molar-refractivity contribution in [3.63, 3.8) is 0 Å². The van der Waals surface area contributed by atoms with Crippen molar-refractivity contribution in [1.82, 2.24) is 24.3 Å². The molecule has 3 aliphatic heterocycles. The van der Waals surface area contributed by atoms with Crippen molar-refractivity contribution in [3.8, 4) is 0 Å². The number of carbonyl (C=O) groups excluding carboxylic acids is 1. The average Bonchev–Trinajstić information content (AvgIpc) is 3.46. The van der Waals surface area contributed by atoms with Crippen LogP contribution in [0, 0.1) is 12.8 Å². The third-order valence-electron chi connectivity index (χ3n) is 11.3. The van der Waals surface area contributed by atoms with Crippen molar-refractivity contribution < 1.29 is 4.79 Å². The summed E-state index contributed by atoms with van der Waals surface area (Å²) in [6.07, 6.45) is 9.37. The number of likely N-dealkylation sites (tertiary alicyclic amines) is 1. The van der Waals surface area contributed by atoms with Gasteiger partial charge in [0.05, 0.1) is 17.1 Å². The first-order valence-corrected chi connectivity index (χ1v) is 16.5. The minimum atomic E-state index is -0.0348. The smallest absolute Gasteiger partial charge is 0.240 e. The number of rotatable bonds is 9. The number of nitrogens with zero attached hydrogens (tertiary/aromatic N) is 5. The van der Waals surface area contributed by atoms with Gasteiger partial charge in [0, 0.05) is 31.2 Å². The van der Waals surface area contributed by atoms with E-state index in [0.717, 1.165) is 50.2 Å². The number of aromatic nitrogens is 2. The Bertz CT molecular complexity index is 1340. The molecule has 1 amide bonds. The molecule has 6 rings (SSSR count). The molecule has 1 aromatic heterocycles. The summed E-state index contributed by atoms with van der Waals surface area (Å²) in [7, 11) is 4.11. The maximum Gasteiger partial charge on any atom is 0.240 e. The van der Waals surface area contributed by atoms with E-state index in [-0.39, 0.29) is 11.5 Å². The molecule has 6 nitrogen and oxygen atoms in total. The van der Waals surface area contributed by atoms with Gasteiger partial charge >= 0.3 is 0 Å². The van der Waals surface area contributed by atoms with E-state index in [0.29, 0.717) is 30.0 Å². The van der Waals surface area contributed by atoms with Gasteiger partial charge in [-0.2, -0.15) is 0 Å². The minimum Gasteiger partial charge on any atom is -0.341 e. The standard InChI is InChI=1S/C36H51N5O/c1-6-26(2)34(38(4)5)35(42)39-21-18-36(19-22-39,28-12-8-7-9-13-28)20-23-40-29-16-17-30(40)25-31(24-29)41-27(3)37-32-14-10-11-15-33(32)41/h7-15,26,29-31,34H,6,16-25H2,1-5H3/t26-,29?,30?,31?,34-/m0/s1. The largest absolute Gasteiger partial charge is 0.341 e. The first-order valence-electron chi connectivity index (χ1n) is 16.5. The van der Waals surface area contributed by atoms with E-state index >= 15 is 0 Å². The van der Waals surface area contributed by atoms with E-state index in [1.54, 1.807) is 0 Å². The zero-order valence-corrected chi connectivity index (χ0v) is 26.5. The van der Waals surface area contributed by atoms with Crippen LogP contribution in [-0.4, -0.2) is 82.0 Å². The Morgan fingerprint density at radius 3 is 2.26 bits per heavy atom. The Balaban J connectivity index is 1.16. The molecule has 4 heterocycles. The van der Waals surface area contributed by atoms with E-state index in [4.69, 9.17) is 4.98 Å². The van der Waals surface area contributed by atoms with Crippen molar-refractivity contribution in [1.29, 1.82) is 0 Å². The topological polar surface area (TPSA) is 44.6 Å². The zero-order chi connectivity index (χ0) is 29.4. The van der Waals surface area contributed by atoms with Gasteiger partial charge in [0.2, 0.25) is 5.91 Å². The van der Waals surface area contributed by atoms with Crippen molar-refractivity contribution >= 4 is 16.9 Å². The Kier molecular flexibility index (Phi) is 8.48. The van der Waals surface area contributed by atoms with E-state index in [1.807, 2.05) is 0 Å². The molecule has 0 radical (unpaired) electrons. The molecule has 2 unspecified atom stereocenters. The van der Waals surface area contributed by atoms with E-state index in [2.05, 4.69) is 109 Å². The fraction of sp³-hybridized carbons (Fsp3) is 0.611. The molecule has 2 aromatic carbocycles. The quantitative estimate of drug-likeness (QED) is 0.298. The number of imidazole rings is 1. The fourth-order valence-corrected chi connectivity index (χ4v) is 8.80. The lowest BCUT2D eigenvalue weighted by Crippen LogP contribution is -2.54. The van der Waals surface area contributed by atoms with E-state index in [9.17, 15) is 4.79 Å². The highest BCUT2D eigenvalue weighted by Gasteiger charge is 2.44. The summed E-state index contributed by atoms with van der Waals surface area (Å²) >= 11 is 0. The highest BCUT2D eigenvalue weighted by Crippen LogP contribution is 2.45. The number of aryl methyl sites for hydroxylation is 1. The van der Waals surface area contributed by atoms with Gasteiger partial charge in [0.1, 0.15) is 5.82 Å². The Morgan fingerprint density at radius 1 is 0.976 bits per heavy atom. The van der Waals surface area contributed by atoms with Gasteiger partial charge in [-0.15, -0.1) is 0 Å². The molecule has 0 N–H and O–H groups in total. The van der Waals surface area contributed by atoms with Crippen LogP contribution in [0.15, 0.2) is 54.6 Å². The van der Waals surface area contributed by atoms with Gasteiger partial charge in [0.15, 0.2) is 0 Å². The maximum atomic E-state index is 13.7. The molecule has 3 aliphatic rings. The summed E-state index contributed by atoms with van der Waals surface area (Å²) in [6, 6.07) is 21.7. The molecule has 226 valence electrons. The molecular formula is C36H51N5O. The monoisotopic (exact) mass is 569 g/mol. The highest BCUT2D eigenvalue weighted by molar-refractivity contribution is 5.82. The number of amides is 1. The number of hydrogen-bond acceptors (Lipinski definition) is 4. The van der Waals surface area contributed by atoms with Crippen LogP contribution in [0.2, 0.25) is 0 Å². The van der Waals surface area contributed by atoms with Crippen LogP contribution in [0.4, 0.5) is 0 Å². The molecule has 6 heteroatoms. The van der Waals surface area contributed by atoms with Gasteiger partial charge in [-0.25, -0.2) is 4.98 Å². The van der Waals surface area contributed by atoms with Crippen LogP contribution in [-0.2, 0) is 10.2 Å². The number of carbonyl (C=O) groups is 1. The van der Waals surface area contributed by atoms with Gasteiger partial charge in [0.25, 0.3) is 0 Å². The van der Waals surface area contributed by atoms with Crippen molar-refractivity contribution in [2.24, 2.45) is 5.92 Å². The minimum absolute atomic E-state index is 0.0348. The second-order valence-corrected chi connectivity index (χ2v) is 13.8. The number of likely N-dealkylation sites (N-methyl/N-ethyl adjacent to an activating group) is 1. The molecule has 42 heavy (non-hydrogen) atoms. The Morgan fingerprint density at radius 2 is 1.62 bits per heavy atom. The van der Waals surface area contributed by atoms with Gasteiger partial charge in [-0.05, 0) is 102 Å². The Labute approximate surface area is 253 Å². The molecule has 3 aromatic rings. The summed E-state index contributed by atoms with van der Waals surface area (Å²) in [5.41, 5.74) is 4.02. The number of benzene rings is 2. The molecule has 4 atom stereocenters. The summed E-state index contributed by atoms with van der Waals surface area (Å²) in [4.78, 5) is 25.8. The zero-order valence-electron chi connectivity index (χ0n) is 26.5. The lowest BCUT2D eigenvalue weighted by molar-refractivity contribution is -0.139. The molecule has 0 saturated carbocycles. The average molecular weight is 570 g/mol. The molecule has 2 bridgehead atoms. The molecule has 3 saturated heterocycles. The lowest BCUT2D eigenvalue weighted by Gasteiger charge is -2.46. The summed E-state index contributed by atoms with van der Waals surface area (Å²) < 4.78 is 2.54. The maximum absolute atomic E-state index is 13.7. The van der Waals surface area contributed by atoms with E-state index < -0.39 is 0 Å². The normalized spacial score (nSPS) is 25.7. The van der Waals surface area contributed by atoms with E-state index in [1.165, 1.54) is 43.2 Å². The third-order valence-corrected chi connectivity index (χ3v) is 11.3. The fourth-order valence-electron chi connectivity index (χ4n) is 8.80. The second-order valence-electron chi connectivity index (χ2n) is 13.8. The SMILES string of the molecule is CC[C@H](C)[C@@H](C(=O)N1CCC(CCN2C3CCC2CC(n2c(C)nc4ccccc42)C3)(c2ccccc2)CC1)N(C)C. The van der Waals surface area contributed by atoms with Crippen LogP contribution in [0.25, 0.3) is 11.0 Å². The molecule has 0 aliphatic carbocycles. The first-order chi connectivity index (χ1) is 20.3. The van der Waals surface area contributed by atoms with Crippen LogP contribution < -0.4 is 0 Å². The van der Waals surface area contributed by atoms with Crippen LogP contribution in [0.1, 0.15) is 82.6 Å². The summed E-state index contributed by atoms with van der Waals surface area (Å²) in [5.74, 6) is 1.83. The molecule has 0 spiro atoms. The van der Waals surface area contributed by atoms with Gasteiger partial charge < -0.3 is 9.47 Å².